The van der Waals surface area contributed by atoms with Crippen molar-refractivity contribution in [1.82, 2.24) is 25.9 Å². The van der Waals surface area contributed by atoms with Gasteiger partial charge in [0, 0.05) is 31.3 Å². The third-order valence-electron chi connectivity index (χ3n) is 10.2. The molecule has 3 amide bonds. The van der Waals surface area contributed by atoms with E-state index in [1.807, 2.05) is 0 Å². The van der Waals surface area contributed by atoms with Gasteiger partial charge in [-0.05, 0) is 39.2 Å². The Balaban J connectivity index is 1.91. The minimum atomic E-state index is -5.29. The maximum atomic E-state index is 13.2. The van der Waals surface area contributed by atoms with Gasteiger partial charge in [-0.1, -0.05) is 90.4 Å². The number of nitrogens with zero attached hydrogens (tertiary/aromatic N) is 1. The van der Waals surface area contributed by atoms with Gasteiger partial charge in [0.2, 0.25) is 23.8 Å². The number of carbonyl (C=O) groups excluding carboxylic acids is 5. The molecule has 22 heteroatoms. The Hall–Kier alpha value is -4.56. The third-order valence-corrected chi connectivity index (χ3v) is 10.6. The van der Waals surface area contributed by atoms with Crippen molar-refractivity contribution in [2.24, 2.45) is 5.73 Å². The van der Waals surface area contributed by atoms with Crippen LogP contribution in [0.1, 0.15) is 142 Å². The van der Waals surface area contributed by atoms with E-state index in [2.05, 4.69) is 37.4 Å². The first kappa shape index (κ1) is 54.6. The minimum Gasteiger partial charge on any atom is -0.505 e. The number of esters is 2. The summed E-state index contributed by atoms with van der Waals surface area (Å²) in [6.45, 7) is 3.72. The van der Waals surface area contributed by atoms with Gasteiger partial charge < -0.3 is 55.6 Å². The number of cyclic esters (lactones) is 1. The number of rotatable bonds is 36. The van der Waals surface area contributed by atoms with Gasteiger partial charge in [0.1, 0.15) is 18.1 Å². The number of phosphoric acid groups is 1. The Kier molecular flexibility index (Phi) is 26.4. The zero-order valence-corrected chi connectivity index (χ0v) is 37.5. The highest BCUT2D eigenvalue weighted by atomic mass is 31.2. The Bertz CT molecular complexity index is 1640. The topological polar surface area (TPSA) is 328 Å². The van der Waals surface area contributed by atoms with Gasteiger partial charge in [-0.3, -0.25) is 29.0 Å². The van der Waals surface area contributed by atoms with E-state index in [9.17, 15) is 53.3 Å². The lowest BCUT2D eigenvalue weighted by molar-refractivity contribution is -0.167. The number of aromatic amines is 1. The van der Waals surface area contributed by atoms with Crippen LogP contribution in [0, 0.1) is 0 Å². The lowest BCUT2D eigenvalue weighted by Crippen LogP contribution is -2.55. The van der Waals surface area contributed by atoms with Crippen LogP contribution in [0.25, 0.3) is 0 Å². The predicted octanol–water partition coefficient (Wildman–Crippen LogP) is 3.63. The molecule has 1 aliphatic heterocycles. The first-order chi connectivity index (χ1) is 30.1. The molecule has 1 aliphatic rings. The lowest BCUT2D eigenvalue weighted by atomic mass is 10.0. The highest BCUT2D eigenvalue weighted by Gasteiger charge is 2.45. The van der Waals surface area contributed by atoms with Gasteiger partial charge in [0.05, 0.1) is 19.4 Å². The maximum absolute atomic E-state index is 13.2. The first-order valence-corrected chi connectivity index (χ1v) is 23.6. The van der Waals surface area contributed by atoms with Gasteiger partial charge in [-0.15, -0.1) is 0 Å². The molecule has 2 rings (SSSR count). The fraction of sp³-hybridized carbons (Fsp3) is 0.732. The normalized spacial score (nSPS) is 15.8. The minimum absolute atomic E-state index is 0.0858. The summed E-state index contributed by atoms with van der Waals surface area (Å²) in [5.41, 5.74) is 5.96. The molecule has 0 fully saturated rings. The van der Waals surface area contributed by atoms with Crippen LogP contribution in [0.15, 0.2) is 24.0 Å². The Morgan fingerprint density at radius 2 is 1.48 bits per heavy atom. The molecule has 358 valence electrons. The summed E-state index contributed by atoms with van der Waals surface area (Å²) in [6, 6.07) is -3.73. The van der Waals surface area contributed by atoms with Crippen LogP contribution in [0.3, 0.4) is 0 Å². The van der Waals surface area contributed by atoms with Crippen molar-refractivity contribution >= 4 is 43.5 Å². The Morgan fingerprint density at radius 1 is 0.873 bits per heavy atom. The number of aliphatic carboxylic acids is 1. The fourth-order valence-corrected chi connectivity index (χ4v) is 7.07. The van der Waals surface area contributed by atoms with E-state index in [0.717, 1.165) is 25.7 Å². The highest BCUT2D eigenvalue weighted by Crippen LogP contribution is 2.42. The molecule has 5 atom stereocenters. The predicted molar refractivity (Wildman–Crippen MR) is 227 cm³/mol. The molecule has 1 aromatic rings. The number of carbonyl (C=O) groups is 6. The van der Waals surface area contributed by atoms with Gasteiger partial charge in [0.25, 0.3) is 5.76 Å². The van der Waals surface area contributed by atoms with Crippen molar-refractivity contribution in [1.29, 1.82) is 0 Å². The molecule has 0 saturated heterocycles. The molecular formula is C41H69N6O15P. The monoisotopic (exact) mass is 916 g/mol. The van der Waals surface area contributed by atoms with Crippen molar-refractivity contribution < 1.29 is 72.1 Å². The number of nitrogens with one attached hydrogen (secondary N) is 4. The molecular weight excluding hydrogens is 847 g/mol. The number of carboxylic acid groups (broad SMARTS) is 1. The molecule has 1 aromatic heterocycles. The second-order valence-corrected chi connectivity index (χ2v) is 16.8. The van der Waals surface area contributed by atoms with Crippen LogP contribution < -0.4 is 21.7 Å². The molecule has 0 bridgehead atoms. The molecule has 5 unspecified atom stereocenters. The standard InChI is InChI=1S/C41H69N6O15P/c1-3-4-5-6-7-8-9-10-11-12-13-14-15-18-23-59-26-32(36-35(50)37(41(55)61-36)62-63(56,57)58)60-34(49)21-20-33(48)45-28(2)38(51)47-31(24-29-25-43-27-44-29)39(52)46-30(40(53)54)19-16-17-22-42/h25,27-28,30-32,36,50H,3-24,26,42H2,1-2H3,(H,43,44)(H,45,48)(H,46,52)(H,47,51)(H,53,54)(H2,56,57,58). The van der Waals surface area contributed by atoms with Gasteiger partial charge in [-0.2, -0.15) is 0 Å². The van der Waals surface area contributed by atoms with Crippen LogP contribution in [-0.4, -0.2) is 116 Å². The second kappa shape index (κ2) is 30.5. The number of aromatic nitrogens is 2. The Labute approximate surface area is 368 Å². The van der Waals surface area contributed by atoms with E-state index in [1.54, 1.807) is 0 Å². The summed E-state index contributed by atoms with van der Waals surface area (Å²) in [7, 11) is -5.29. The van der Waals surface area contributed by atoms with Crippen molar-refractivity contribution in [2.75, 3.05) is 19.8 Å². The second-order valence-electron chi connectivity index (χ2n) is 15.6. The van der Waals surface area contributed by atoms with Crippen molar-refractivity contribution in [3.8, 4) is 0 Å². The van der Waals surface area contributed by atoms with Gasteiger partial charge >= 0.3 is 25.7 Å². The maximum Gasteiger partial charge on any atom is 0.525 e. The molecule has 63 heavy (non-hydrogen) atoms. The number of unbranched alkanes of at least 4 members (excludes halogenated alkanes) is 14. The van der Waals surface area contributed by atoms with Crippen LogP contribution >= 0.6 is 7.82 Å². The fourth-order valence-electron chi connectivity index (χ4n) is 6.66. The number of amides is 3. The number of hydrogen-bond acceptors (Lipinski definition) is 14. The van der Waals surface area contributed by atoms with Gasteiger partial charge in [0.15, 0.2) is 11.9 Å². The van der Waals surface area contributed by atoms with E-state index in [0.29, 0.717) is 31.5 Å². The zero-order valence-electron chi connectivity index (χ0n) is 36.6. The molecule has 21 nitrogen and oxygen atoms in total. The zero-order chi connectivity index (χ0) is 46.6. The molecule has 0 aromatic carbocycles. The van der Waals surface area contributed by atoms with Gasteiger partial charge in [-0.25, -0.2) is 19.1 Å². The molecule has 2 heterocycles. The molecule has 10 N–H and O–H groups in total. The number of phosphoric ester groups is 1. The number of aliphatic hydroxyl groups excluding tert-OH is 1. The van der Waals surface area contributed by atoms with Crippen molar-refractivity contribution in [3.63, 3.8) is 0 Å². The number of H-pyrrole nitrogens is 1. The van der Waals surface area contributed by atoms with E-state index < -0.39 is 105 Å². The van der Waals surface area contributed by atoms with Crippen molar-refractivity contribution in [3.05, 3.63) is 29.7 Å². The van der Waals surface area contributed by atoms with E-state index in [1.165, 1.54) is 77.2 Å². The largest absolute Gasteiger partial charge is 0.525 e. The van der Waals surface area contributed by atoms with Crippen LogP contribution in [0.5, 0.6) is 0 Å². The van der Waals surface area contributed by atoms with E-state index >= 15 is 0 Å². The molecule has 0 saturated carbocycles. The van der Waals surface area contributed by atoms with E-state index in [-0.39, 0.29) is 19.4 Å². The average molecular weight is 917 g/mol. The van der Waals surface area contributed by atoms with Crippen LogP contribution in [-0.2, 0) is 58.5 Å². The lowest BCUT2D eigenvalue weighted by Gasteiger charge is -2.23. The number of ether oxygens (including phenoxy) is 3. The van der Waals surface area contributed by atoms with Crippen LogP contribution in [0.4, 0.5) is 0 Å². The summed E-state index contributed by atoms with van der Waals surface area (Å²) in [6.07, 6.45) is 15.8. The first-order valence-electron chi connectivity index (χ1n) is 22.0. The Morgan fingerprint density at radius 3 is 2.03 bits per heavy atom. The summed E-state index contributed by atoms with van der Waals surface area (Å²) >= 11 is 0. The van der Waals surface area contributed by atoms with Crippen LogP contribution in [0.2, 0.25) is 0 Å². The highest BCUT2D eigenvalue weighted by molar-refractivity contribution is 7.46. The number of aliphatic hydroxyl groups is 1. The molecule has 0 aliphatic carbocycles. The third kappa shape index (κ3) is 23.1. The smallest absolute Gasteiger partial charge is 0.505 e. The van der Waals surface area contributed by atoms with E-state index in [4.69, 9.17) is 19.9 Å². The summed E-state index contributed by atoms with van der Waals surface area (Å²) in [5, 5.41) is 27.6. The quantitative estimate of drug-likeness (QED) is 0.0264. The summed E-state index contributed by atoms with van der Waals surface area (Å²) < 4.78 is 31.8. The number of carboxylic acids is 1. The average Bonchev–Trinajstić information content (AvgIpc) is 3.84. The molecule has 0 spiro atoms. The summed E-state index contributed by atoms with van der Waals surface area (Å²) in [5.74, 6) is -8.20. The summed E-state index contributed by atoms with van der Waals surface area (Å²) in [4.78, 5) is 101. The number of nitrogens with two attached hydrogens (primary N) is 1. The number of hydrogen-bond donors (Lipinski definition) is 9. The van der Waals surface area contributed by atoms with Crippen molar-refractivity contribution in [2.45, 2.75) is 173 Å². The number of imidazole rings is 1. The SMILES string of the molecule is CCCCCCCCCCCCCCCCOCC(OC(=O)CCC(=O)NC(C)C(=O)NC(Cc1cnc[nH]1)C(=O)NC(CCCCN)C(=O)O)C1OC(=O)C(OP(=O)(O)O)=C1O. The molecule has 0 radical (unpaired) electrons.